The lowest BCUT2D eigenvalue weighted by Crippen LogP contribution is -2.54. The van der Waals surface area contributed by atoms with E-state index in [1.807, 2.05) is 4.90 Å². The van der Waals surface area contributed by atoms with Crippen molar-refractivity contribution in [2.24, 2.45) is 5.92 Å². The Morgan fingerprint density at radius 3 is 2.67 bits per heavy atom. The van der Waals surface area contributed by atoms with E-state index in [4.69, 9.17) is 0 Å². The van der Waals surface area contributed by atoms with Gasteiger partial charge in [0.1, 0.15) is 0 Å². The van der Waals surface area contributed by atoms with Gasteiger partial charge in [-0.2, -0.15) is 0 Å². The highest BCUT2D eigenvalue weighted by Gasteiger charge is 2.43. The summed E-state index contributed by atoms with van der Waals surface area (Å²) in [5.74, 6) is 0.732. The van der Waals surface area contributed by atoms with Crippen LogP contribution in [0.25, 0.3) is 0 Å². The van der Waals surface area contributed by atoms with Crippen molar-refractivity contribution in [3.05, 3.63) is 0 Å². The van der Waals surface area contributed by atoms with Crippen molar-refractivity contribution in [3.63, 3.8) is 0 Å². The Balaban J connectivity index is 2.10. The van der Waals surface area contributed by atoms with Gasteiger partial charge in [0, 0.05) is 13.1 Å². The third-order valence-corrected chi connectivity index (χ3v) is 3.93. The Morgan fingerprint density at radius 2 is 2.20 bits per heavy atom. The molecule has 4 nitrogen and oxygen atoms in total. The quantitative estimate of drug-likeness (QED) is 0.716. The highest BCUT2D eigenvalue weighted by atomic mass is 16.3. The lowest BCUT2D eigenvalue weighted by Gasteiger charge is -2.44. The summed E-state index contributed by atoms with van der Waals surface area (Å²) in [5.41, 5.74) is -0.271. The zero-order chi connectivity index (χ0) is 10.9. The molecule has 0 spiro atoms. The van der Waals surface area contributed by atoms with E-state index in [2.05, 4.69) is 12.2 Å². The third kappa shape index (κ3) is 1.83. The number of nitrogens with one attached hydrogen (secondary N) is 1. The summed E-state index contributed by atoms with van der Waals surface area (Å²) in [6.45, 7) is 3.81. The van der Waals surface area contributed by atoms with Gasteiger partial charge in [-0.15, -0.1) is 0 Å². The molecular weight excluding hydrogens is 192 g/mol. The van der Waals surface area contributed by atoms with Crippen LogP contribution in [0.2, 0.25) is 0 Å². The van der Waals surface area contributed by atoms with Crippen LogP contribution in [-0.4, -0.2) is 41.3 Å². The molecule has 2 amide bonds. The highest BCUT2D eigenvalue weighted by Crippen LogP contribution is 2.36. The van der Waals surface area contributed by atoms with Crippen molar-refractivity contribution in [2.75, 3.05) is 19.7 Å². The largest absolute Gasteiger partial charge is 0.394 e. The number of hydrogen-bond donors (Lipinski definition) is 2. The second kappa shape index (κ2) is 4.00. The van der Waals surface area contributed by atoms with Gasteiger partial charge in [0.25, 0.3) is 0 Å². The Morgan fingerprint density at radius 1 is 1.53 bits per heavy atom. The van der Waals surface area contributed by atoms with Crippen LogP contribution in [-0.2, 0) is 0 Å². The SMILES string of the molecule is CC1CCC(CO)(N2CCNC2=O)CC1. The minimum absolute atomic E-state index is 0.00129. The first-order valence-electron chi connectivity index (χ1n) is 5.84. The lowest BCUT2D eigenvalue weighted by molar-refractivity contribution is 0.0288. The lowest BCUT2D eigenvalue weighted by atomic mass is 9.76. The van der Waals surface area contributed by atoms with Gasteiger partial charge >= 0.3 is 6.03 Å². The Labute approximate surface area is 90.6 Å². The van der Waals surface area contributed by atoms with E-state index in [9.17, 15) is 9.90 Å². The summed E-state index contributed by atoms with van der Waals surface area (Å²) in [4.78, 5) is 13.5. The summed E-state index contributed by atoms with van der Waals surface area (Å²) in [5, 5.41) is 12.4. The molecule has 0 aromatic carbocycles. The van der Waals surface area contributed by atoms with Crippen LogP contribution < -0.4 is 5.32 Å². The van der Waals surface area contributed by atoms with Crippen molar-refractivity contribution in [2.45, 2.75) is 38.1 Å². The summed E-state index contributed by atoms with van der Waals surface area (Å²) < 4.78 is 0. The van der Waals surface area contributed by atoms with E-state index in [-0.39, 0.29) is 18.2 Å². The number of rotatable bonds is 2. The van der Waals surface area contributed by atoms with Gasteiger partial charge < -0.3 is 15.3 Å². The van der Waals surface area contributed by atoms with Crippen molar-refractivity contribution in [1.82, 2.24) is 10.2 Å². The number of hydrogen-bond acceptors (Lipinski definition) is 2. The molecule has 1 saturated heterocycles. The molecule has 0 aromatic heterocycles. The molecule has 0 aromatic rings. The van der Waals surface area contributed by atoms with E-state index in [0.717, 1.165) is 44.7 Å². The van der Waals surface area contributed by atoms with Crippen molar-refractivity contribution in [3.8, 4) is 0 Å². The monoisotopic (exact) mass is 212 g/mol. The van der Waals surface area contributed by atoms with Gasteiger partial charge in [-0.3, -0.25) is 0 Å². The molecule has 0 unspecified atom stereocenters. The standard InChI is InChI=1S/C11H20N2O2/c1-9-2-4-11(8-14,5-3-9)13-7-6-12-10(13)15/h9,14H,2-8H2,1H3,(H,12,15). The summed E-state index contributed by atoms with van der Waals surface area (Å²) in [6.07, 6.45) is 4.12. The number of aliphatic hydroxyl groups excluding tert-OH is 1. The van der Waals surface area contributed by atoms with Crippen LogP contribution >= 0.6 is 0 Å². The van der Waals surface area contributed by atoms with Gasteiger partial charge in [0.2, 0.25) is 0 Å². The number of aliphatic hydroxyl groups is 1. The van der Waals surface area contributed by atoms with Gasteiger partial charge in [-0.05, 0) is 31.6 Å². The Bertz CT molecular complexity index is 247. The van der Waals surface area contributed by atoms with E-state index in [0.29, 0.717) is 0 Å². The zero-order valence-electron chi connectivity index (χ0n) is 9.33. The minimum Gasteiger partial charge on any atom is -0.394 e. The minimum atomic E-state index is -0.271. The molecule has 4 heteroatoms. The van der Waals surface area contributed by atoms with Crippen LogP contribution in [0.4, 0.5) is 4.79 Å². The predicted octanol–water partition coefficient (Wildman–Crippen LogP) is 0.953. The smallest absolute Gasteiger partial charge is 0.318 e. The summed E-state index contributed by atoms with van der Waals surface area (Å²) in [7, 11) is 0. The zero-order valence-corrected chi connectivity index (χ0v) is 9.33. The molecule has 1 heterocycles. The molecule has 2 aliphatic rings. The van der Waals surface area contributed by atoms with Crippen LogP contribution in [0.15, 0.2) is 0 Å². The van der Waals surface area contributed by atoms with Crippen molar-refractivity contribution in [1.29, 1.82) is 0 Å². The predicted molar refractivity (Wildman–Crippen MR) is 57.6 cm³/mol. The molecule has 2 fully saturated rings. The second-order valence-corrected chi connectivity index (χ2v) is 4.95. The van der Waals surface area contributed by atoms with Gasteiger partial charge in [-0.25, -0.2) is 4.79 Å². The molecule has 1 aliphatic heterocycles. The van der Waals surface area contributed by atoms with Crippen molar-refractivity contribution < 1.29 is 9.90 Å². The molecule has 1 aliphatic carbocycles. The summed E-state index contributed by atoms with van der Waals surface area (Å²) >= 11 is 0. The maximum absolute atomic E-state index is 11.6. The molecule has 0 atom stereocenters. The number of nitrogens with zero attached hydrogens (tertiary/aromatic N) is 1. The average molecular weight is 212 g/mol. The first-order valence-corrected chi connectivity index (χ1v) is 5.84. The normalized spacial score (nSPS) is 36.8. The maximum Gasteiger partial charge on any atom is 0.318 e. The topological polar surface area (TPSA) is 52.6 Å². The molecule has 86 valence electrons. The number of amides is 2. The maximum atomic E-state index is 11.6. The van der Waals surface area contributed by atoms with E-state index in [1.54, 1.807) is 0 Å². The fraction of sp³-hybridized carbons (Fsp3) is 0.909. The molecule has 0 bridgehead atoms. The fourth-order valence-electron chi connectivity index (χ4n) is 2.74. The highest BCUT2D eigenvalue weighted by molar-refractivity contribution is 5.77. The van der Waals surface area contributed by atoms with Crippen molar-refractivity contribution >= 4 is 6.03 Å². The van der Waals surface area contributed by atoms with E-state index < -0.39 is 0 Å². The molecule has 15 heavy (non-hydrogen) atoms. The van der Waals surface area contributed by atoms with Crippen LogP contribution in [0, 0.1) is 5.92 Å². The second-order valence-electron chi connectivity index (χ2n) is 4.95. The van der Waals surface area contributed by atoms with Gasteiger partial charge in [0.15, 0.2) is 0 Å². The van der Waals surface area contributed by atoms with Crippen LogP contribution in [0.1, 0.15) is 32.6 Å². The summed E-state index contributed by atoms with van der Waals surface area (Å²) in [6, 6.07) is -0.00129. The van der Waals surface area contributed by atoms with E-state index >= 15 is 0 Å². The molecule has 1 saturated carbocycles. The van der Waals surface area contributed by atoms with E-state index in [1.165, 1.54) is 0 Å². The van der Waals surface area contributed by atoms with Gasteiger partial charge in [-0.1, -0.05) is 6.92 Å². The molecule has 0 radical (unpaired) electrons. The fourth-order valence-corrected chi connectivity index (χ4v) is 2.74. The average Bonchev–Trinajstić information content (AvgIpc) is 2.67. The molecular formula is C11H20N2O2. The Kier molecular flexibility index (Phi) is 2.87. The number of carbonyl (C=O) groups excluding carboxylic acids is 1. The van der Waals surface area contributed by atoms with Gasteiger partial charge in [0.05, 0.1) is 12.1 Å². The third-order valence-electron chi connectivity index (χ3n) is 3.93. The molecule has 2 rings (SSSR count). The first-order chi connectivity index (χ1) is 7.18. The first kappa shape index (κ1) is 10.7. The number of urea groups is 1. The number of carbonyl (C=O) groups is 1. The Hall–Kier alpha value is -0.770. The van der Waals surface area contributed by atoms with Crippen LogP contribution in [0.5, 0.6) is 0 Å². The van der Waals surface area contributed by atoms with Crippen LogP contribution in [0.3, 0.4) is 0 Å². The molecule has 2 N–H and O–H groups in total.